The maximum atomic E-state index is 13.9. The number of hydrogen-bond acceptors (Lipinski definition) is 3. The second-order valence-corrected chi connectivity index (χ2v) is 6.88. The van der Waals surface area contributed by atoms with Crippen molar-refractivity contribution in [3.8, 4) is 0 Å². The molecule has 0 spiro atoms. The lowest BCUT2D eigenvalue weighted by molar-refractivity contribution is 0.0240. The Morgan fingerprint density at radius 2 is 1.86 bits per heavy atom. The van der Waals surface area contributed by atoms with Crippen molar-refractivity contribution in [2.75, 3.05) is 31.1 Å². The first-order valence-electron chi connectivity index (χ1n) is 6.95. The zero-order valence-electron chi connectivity index (χ0n) is 12.5. The molecule has 116 valence electrons. The third-order valence-electron chi connectivity index (χ3n) is 3.19. The number of hydrogen-bond donors (Lipinski definition) is 0. The lowest BCUT2D eigenvalue weighted by atomic mass is 10.2. The van der Waals surface area contributed by atoms with Gasteiger partial charge in [-0.2, -0.15) is 0 Å². The van der Waals surface area contributed by atoms with Crippen molar-refractivity contribution in [3.63, 3.8) is 0 Å². The van der Waals surface area contributed by atoms with E-state index in [-0.39, 0.29) is 11.9 Å². The molecule has 1 aromatic rings. The van der Waals surface area contributed by atoms with Crippen LogP contribution in [0.1, 0.15) is 20.8 Å². The van der Waals surface area contributed by atoms with E-state index in [1.165, 1.54) is 6.07 Å². The van der Waals surface area contributed by atoms with Gasteiger partial charge >= 0.3 is 6.09 Å². The van der Waals surface area contributed by atoms with Gasteiger partial charge in [0.05, 0.1) is 5.69 Å². The van der Waals surface area contributed by atoms with Crippen molar-refractivity contribution >= 4 is 27.7 Å². The standard InChI is InChI=1S/C15H20BrFN2O2/c1-15(2,3)21-14(20)19-9-7-18(8-10-19)13-11(16)5-4-6-12(13)17/h4-6H,7-10H2,1-3H3. The Balaban J connectivity index is 1.99. The minimum atomic E-state index is -0.497. The highest BCUT2D eigenvalue weighted by molar-refractivity contribution is 9.10. The van der Waals surface area contributed by atoms with E-state index in [0.29, 0.717) is 31.9 Å². The molecular weight excluding hydrogens is 339 g/mol. The predicted octanol–water partition coefficient (Wildman–Crippen LogP) is 3.65. The molecule has 0 N–H and O–H groups in total. The van der Waals surface area contributed by atoms with Crippen LogP contribution in [0.5, 0.6) is 0 Å². The lowest BCUT2D eigenvalue weighted by Gasteiger charge is -2.37. The largest absolute Gasteiger partial charge is 0.444 e. The number of carbonyl (C=O) groups excluding carboxylic acids is 1. The van der Waals surface area contributed by atoms with Gasteiger partial charge in [0.2, 0.25) is 0 Å². The molecule has 1 aliphatic heterocycles. The number of nitrogens with zero attached hydrogens (tertiary/aromatic N) is 2. The van der Waals surface area contributed by atoms with Gasteiger partial charge in [0, 0.05) is 30.7 Å². The first kappa shape index (κ1) is 16.1. The molecular formula is C15H20BrFN2O2. The Morgan fingerprint density at radius 3 is 2.38 bits per heavy atom. The highest BCUT2D eigenvalue weighted by Gasteiger charge is 2.27. The van der Waals surface area contributed by atoms with Crippen LogP contribution in [0.2, 0.25) is 0 Å². The molecule has 2 rings (SSSR count). The monoisotopic (exact) mass is 358 g/mol. The van der Waals surface area contributed by atoms with Gasteiger partial charge < -0.3 is 14.5 Å². The molecule has 6 heteroatoms. The van der Waals surface area contributed by atoms with E-state index in [1.54, 1.807) is 11.0 Å². The van der Waals surface area contributed by atoms with Crippen LogP contribution >= 0.6 is 15.9 Å². The van der Waals surface area contributed by atoms with Crippen LogP contribution in [0, 0.1) is 5.82 Å². The van der Waals surface area contributed by atoms with Crippen LogP contribution in [-0.4, -0.2) is 42.8 Å². The highest BCUT2D eigenvalue weighted by Crippen LogP contribution is 2.30. The SMILES string of the molecule is CC(C)(C)OC(=O)N1CCN(c2c(F)cccc2Br)CC1. The van der Waals surface area contributed by atoms with Gasteiger partial charge in [-0.05, 0) is 48.8 Å². The molecule has 21 heavy (non-hydrogen) atoms. The van der Waals surface area contributed by atoms with E-state index >= 15 is 0 Å². The average molecular weight is 359 g/mol. The summed E-state index contributed by atoms with van der Waals surface area (Å²) in [7, 11) is 0. The van der Waals surface area contributed by atoms with E-state index in [0.717, 1.165) is 4.47 Å². The number of anilines is 1. The Kier molecular flexibility index (Phi) is 4.76. The fraction of sp³-hybridized carbons (Fsp3) is 0.533. The van der Waals surface area contributed by atoms with Crippen LogP contribution < -0.4 is 4.90 Å². The molecule has 0 saturated carbocycles. The van der Waals surface area contributed by atoms with Crippen LogP contribution in [0.4, 0.5) is 14.9 Å². The quantitative estimate of drug-likeness (QED) is 0.768. The summed E-state index contributed by atoms with van der Waals surface area (Å²) < 4.78 is 20.0. The van der Waals surface area contributed by atoms with E-state index < -0.39 is 5.60 Å². The number of halogens is 2. The van der Waals surface area contributed by atoms with Crippen LogP contribution in [-0.2, 0) is 4.74 Å². The topological polar surface area (TPSA) is 32.8 Å². The van der Waals surface area contributed by atoms with E-state index in [9.17, 15) is 9.18 Å². The number of ether oxygens (including phenoxy) is 1. The third kappa shape index (κ3) is 4.09. The fourth-order valence-corrected chi connectivity index (χ4v) is 2.82. The molecule has 1 heterocycles. The zero-order chi connectivity index (χ0) is 15.6. The van der Waals surface area contributed by atoms with Crippen molar-refractivity contribution in [1.29, 1.82) is 0 Å². The van der Waals surface area contributed by atoms with Crippen LogP contribution in [0.3, 0.4) is 0 Å². The van der Waals surface area contributed by atoms with Crippen molar-refractivity contribution < 1.29 is 13.9 Å². The second kappa shape index (κ2) is 6.22. The summed E-state index contributed by atoms with van der Waals surface area (Å²) >= 11 is 3.38. The van der Waals surface area contributed by atoms with E-state index in [4.69, 9.17) is 4.74 Å². The average Bonchev–Trinajstić information content (AvgIpc) is 2.37. The van der Waals surface area contributed by atoms with Crippen LogP contribution in [0.15, 0.2) is 22.7 Å². The number of para-hydroxylation sites is 1. The number of rotatable bonds is 1. The fourth-order valence-electron chi connectivity index (χ4n) is 2.23. The normalized spacial score (nSPS) is 16.0. The van der Waals surface area contributed by atoms with Gasteiger partial charge in [-0.25, -0.2) is 9.18 Å². The summed E-state index contributed by atoms with van der Waals surface area (Å²) in [6, 6.07) is 4.93. The highest BCUT2D eigenvalue weighted by atomic mass is 79.9. The van der Waals surface area contributed by atoms with Gasteiger partial charge in [-0.1, -0.05) is 6.07 Å². The van der Waals surface area contributed by atoms with Gasteiger partial charge in [0.25, 0.3) is 0 Å². The number of amides is 1. The summed E-state index contributed by atoms with van der Waals surface area (Å²) in [4.78, 5) is 15.6. The Labute approximate surface area is 133 Å². The Bertz CT molecular complexity index is 503. The molecule has 0 unspecified atom stereocenters. The van der Waals surface area contributed by atoms with Crippen molar-refractivity contribution in [2.24, 2.45) is 0 Å². The van der Waals surface area contributed by atoms with Gasteiger partial charge in [0.1, 0.15) is 11.4 Å². The molecule has 1 aromatic carbocycles. The molecule has 0 aromatic heterocycles. The maximum Gasteiger partial charge on any atom is 0.410 e. The Hall–Kier alpha value is -1.30. The van der Waals surface area contributed by atoms with Crippen molar-refractivity contribution in [1.82, 2.24) is 4.90 Å². The minimum absolute atomic E-state index is 0.255. The third-order valence-corrected chi connectivity index (χ3v) is 3.83. The first-order valence-corrected chi connectivity index (χ1v) is 7.74. The van der Waals surface area contributed by atoms with E-state index in [2.05, 4.69) is 15.9 Å². The molecule has 1 saturated heterocycles. The van der Waals surface area contributed by atoms with Crippen molar-refractivity contribution in [3.05, 3.63) is 28.5 Å². The minimum Gasteiger partial charge on any atom is -0.444 e. The summed E-state index contributed by atoms with van der Waals surface area (Å²) in [5.41, 5.74) is 0.0596. The number of piperazine rings is 1. The number of carbonyl (C=O) groups is 1. The van der Waals surface area contributed by atoms with E-state index in [1.807, 2.05) is 31.7 Å². The van der Waals surface area contributed by atoms with Crippen molar-refractivity contribution in [2.45, 2.75) is 26.4 Å². The molecule has 4 nitrogen and oxygen atoms in total. The molecule has 1 aliphatic rings. The van der Waals surface area contributed by atoms with Gasteiger partial charge in [0.15, 0.2) is 0 Å². The Morgan fingerprint density at radius 1 is 1.24 bits per heavy atom. The number of benzene rings is 1. The lowest BCUT2D eigenvalue weighted by Crippen LogP contribution is -2.50. The molecule has 1 fully saturated rings. The summed E-state index contributed by atoms with van der Waals surface area (Å²) in [5, 5.41) is 0. The van der Waals surface area contributed by atoms with Crippen LogP contribution in [0.25, 0.3) is 0 Å². The smallest absolute Gasteiger partial charge is 0.410 e. The molecule has 0 aliphatic carbocycles. The molecule has 1 amide bonds. The molecule has 0 bridgehead atoms. The molecule has 0 atom stereocenters. The van der Waals surface area contributed by atoms with Gasteiger partial charge in [-0.15, -0.1) is 0 Å². The zero-order valence-corrected chi connectivity index (χ0v) is 14.1. The summed E-state index contributed by atoms with van der Waals surface area (Å²) in [6.07, 6.45) is -0.310. The maximum absolute atomic E-state index is 13.9. The predicted molar refractivity (Wildman–Crippen MR) is 84.1 cm³/mol. The first-order chi connectivity index (χ1) is 9.78. The molecule has 0 radical (unpaired) electrons. The second-order valence-electron chi connectivity index (χ2n) is 6.02. The summed E-state index contributed by atoms with van der Waals surface area (Å²) in [6.45, 7) is 7.75. The van der Waals surface area contributed by atoms with Gasteiger partial charge in [-0.3, -0.25) is 0 Å². The summed E-state index contributed by atoms with van der Waals surface area (Å²) in [5.74, 6) is -0.255.